The molecule has 0 unspecified atom stereocenters. The zero-order chi connectivity index (χ0) is 14.7. The first-order chi connectivity index (χ1) is 8.97. The number of carbonyl (C=O) groups excluding carboxylic acids is 1. The van der Waals surface area contributed by atoms with Gasteiger partial charge in [-0.2, -0.15) is 0 Å². The standard InChI is InChI=1S/C13H21NO5.2K/c1-2-3-4-5-6-7-11(15)14-10(13(18)19)8-9-12(16)17;;/h3-4,10H,2,5-9H2,1H3,(H,14,15)(H,16,17)(H,18,19);;/q;2*+1/p-2/b4-3+;;/t10-;;/m0../s1. The van der Waals surface area contributed by atoms with E-state index in [1.165, 1.54) is 0 Å². The number of hydrogen-bond acceptors (Lipinski definition) is 5. The van der Waals surface area contributed by atoms with Crippen molar-refractivity contribution in [3.8, 4) is 0 Å². The number of hydrogen-bond donors (Lipinski definition) is 1. The Morgan fingerprint density at radius 2 is 1.81 bits per heavy atom. The monoisotopic (exact) mass is 347 g/mol. The van der Waals surface area contributed by atoms with Crippen LogP contribution in [0.15, 0.2) is 17.1 Å². The van der Waals surface area contributed by atoms with Crippen LogP contribution in [0.3, 0.4) is 0 Å². The first-order valence-electron chi connectivity index (χ1n) is 6.28. The van der Waals surface area contributed by atoms with Crippen LogP contribution >= 0.6 is 0 Å². The summed E-state index contributed by atoms with van der Waals surface area (Å²) in [5, 5.41) is 30.5. The van der Waals surface area contributed by atoms with Crippen LogP contribution < -0.4 is 113 Å². The Balaban J connectivity index is -0.00000162. The van der Waals surface area contributed by atoms with Gasteiger partial charge in [0.1, 0.15) is 6.04 Å². The van der Waals surface area contributed by atoms with Gasteiger partial charge in [-0.05, 0) is 44.4 Å². The van der Waals surface area contributed by atoms with Gasteiger partial charge in [0.05, 0.1) is 0 Å². The molecular weight excluding hydrogens is 328 g/mol. The van der Waals surface area contributed by atoms with E-state index >= 15 is 0 Å². The Morgan fingerprint density at radius 3 is 2.29 bits per heavy atom. The van der Waals surface area contributed by atoms with Crippen molar-refractivity contribution < 1.29 is 128 Å². The van der Waals surface area contributed by atoms with Crippen molar-refractivity contribution in [1.29, 1.82) is 0 Å². The zero-order valence-electron chi connectivity index (χ0n) is 13.0. The molecule has 21 heavy (non-hydrogen) atoms. The van der Waals surface area contributed by atoms with E-state index in [4.69, 9.17) is 5.11 Å². The Bertz CT molecular complexity index is 358. The maximum absolute atomic E-state index is 11.4. The Hall–Kier alpha value is 1.42. The molecule has 0 aromatic carbocycles. The minimum absolute atomic E-state index is 0. The van der Waals surface area contributed by atoms with Crippen molar-refractivity contribution in [3.63, 3.8) is 0 Å². The molecule has 0 aliphatic carbocycles. The number of aliphatic imine (C=N–C) groups is 1. The molecule has 0 amide bonds. The van der Waals surface area contributed by atoms with Crippen LogP contribution in [0.1, 0.15) is 45.4 Å². The van der Waals surface area contributed by atoms with Crippen molar-refractivity contribution in [3.05, 3.63) is 12.2 Å². The second-order valence-electron chi connectivity index (χ2n) is 4.06. The molecule has 0 saturated heterocycles. The summed E-state index contributed by atoms with van der Waals surface area (Å²) in [6, 6.07) is -1.29. The van der Waals surface area contributed by atoms with E-state index in [0.29, 0.717) is 6.42 Å². The number of carbonyl (C=O) groups is 2. The molecule has 0 bridgehead atoms. The molecule has 8 heteroatoms. The van der Waals surface area contributed by atoms with Gasteiger partial charge in [-0.1, -0.05) is 19.1 Å². The van der Waals surface area contributed by atoms with Crippen LogP contribution in [0.25, 0.3) is 0 Å². The summed E-state index contributed by atoms with van der Waals surface area (Å²) in [4.78, 5) is 24.6. The summed E-state index contributed by atoms with van der Waals surface area (Å²) in [5.41, 5.74) is 0. The largest absolute Gasteiger partial charge is 1.00 e. The second-order valence-corrected chi connectivity index (χ2v) is 4.06. The Labute approximate surface area is 210 Å². The maximum atomic E-state index is 11.4. The normalized spacial score (nSPS) is 12.3. The molecule has 1 N–H and O–H groups in total. The first kappa shape index (κ1) is 27.3. The van der Waals surface area contributed by atoms with Crippen molar-refractivity contribution in [2.75, 3.05) is 0 Å². The average molecular weight is 347 g/mol. The number of nitrogens with zero attached hydrogens (tertiary/aromatic N) is 1. The molecular formula is C13H19K2NO5. The van der Waals surface area contributed by atoms with E-state index in [1.807, 2.05) is 19.1 Å². The van der Waals surface area contributed by atoms with Crippen molar-refractivity contribution in [2.45, 2.75) is 51.5 Å². The molecule has 6 nitrogen and oxygen atoms in total. The fourth-order valence-electron chi connectivity index (χ4n) is 1.39. The third kappa shape index (κ3) is 17.6. The SMILES string of the molecule is CC/C=C/CCCC([O-])=N[C@@H](CCC(=O)[O-])C(=O)O.[K+].[K+]. The number of carboxylic acids is 2. The summed E-state index contributed by atoms with van der Waals surface area (Å²) < 4.78 is 0. The molecule has 0 radical (unpaired) electrons. The van der Waals surface area contributed by atoms with Crippen LogP contribution in [0.2, 0.25) is 0 Å². The molecule has 0 spiro atoms. The van der Waals surface area contributed by atoms with Crippen LogP contribution in [0.4, 0.5) is 0 Å². The van der Waals surface area contributed by atoms with Gasteiger partial charge in [-0.3, -0.25) is 4.99 Å². The maximum Gasteiger partial charge on any atom is 1.00 e. The molecule has 0 aromatic heterocycles. The third-order valence-corrected chi connectivity index (χ3v) is 2.37. The van der Waals surface area contributed by atoms with Gasteiger partial charge in [-0.25, -0.2) is 4.79 Å². The molecule has 0 fully saturated rings. The fraction of sp³-hybridized carbons (Fsp3) is 0.615. The predicted molar refractivity (Wildman–Crippen MR) is 66.4 cm³/mol. The first-order valence-corrected chi connectivity index (χ1v) is 6.28. The summed E-state index contributed by atoms with van der Waals surface area (Å²) in [7, 11) is 0. The number of rotatable bonds is 10. The summed E-state index contributed by atoms with van der Waals surface area (Å²) in [6.07, 6.45) is 5.75. The summed E-state index contributed by atoms with van der Waals surface area (Å²) in [6.45, 7) is 2.01. The van der Waals surface area contributed by atoms with Crippen LogP contribution in [0.5, 0.6) is 0 Å². The zero-order valence-corrected chi connectivity index (χ0v) is 19.2. The average Bonchev–Trinajstić information content (AvgIpc) is 2.33. The van der Waals surface area contributed by atoms with Gasteiger partial charge in [0.15, 0.2) is 0 Å². The van der Waals surface area contributed by atoms with Crippen molar-refractivity contribution >= 4 is 17.8 Å². The van der Waals surface area contributed by atoms with Gasteiger partial charge in [0.25, 0.3) is 0 Å². The van der Waals surface area contributed by atoms with Gasteiger partial charge in [0, 0.05) is 5.97 Å². The van der Waals surface area contributed by atoms with E-state index in [0.717, 1.165) is 12.8 Å². The van der Waals surface area contributed by atoms with Crippen LogP contribution in [0, 0.1) is 0 Å². The Morgan fingerprint density at radius 1 is 1.19 bits per heavy atom. The third-order valence-electron chi connectivity index (χ3n) is 2.37. The number of aliphatic carboxylic acids is 2. The number of unbranched alkanes of at least 4 members (excludes halogenated alkanes) is 1. The minimum atomic E-state index is -1.35. The van der Waals surface area contributed by atoms with Crippen molar-refractivity contribution in [1.82, 2.24) is 0 Å². The second kappa shape index (κ2) is 17.8. The van der Waals surface area contributed by atoms with E-state index in [9.17, 15) is 19.8 Å². The quantitative estimate of drug-likeness (QED) is 0.139. The fourth-order valence-corrected chi connectivity index (χ4v) is 1.39. The van der Waals surface area contributed by atoms with E-state index in [-0.39, 0.29) is 116 Å². The van der Waals surface area contributed by atoms with E-state index in [1.54, 1.807) is 0 Å². The molecule has 0 saturated carbocycles. The smallest absolute Gasteiger partial charge is 0.862 e. The molecule has 0 rings (SSSR count). The predicted octanol–water partition coefficient (Wildman–Crippen LogP) is -6.13. The molecule has 1 atom stereocenters. The van der Waals surface area contributed by atoms with Crippen molar-refractivity contribution in [2.24, 2.45) is 4.99 Å². The van der Waals surface area contributed by atoms with E-state index < -0.39 is 30.3 Å². The van der Waals surface area contributed by atoms with Crippen LogP contribution in [-0.4, -0.2) is 29.0 Å². The number of allylic oxidation sites excluding steroid dienone is 2. The van der Waals surface area contributed by atoms with Gasteiger partial charge >= 0.3 is 109 Å². The summed E-state index contributed by atoms with van der Waals surface area (Å²) >= 11 is 0. The van der Waals surface area contributed by atoms with Gasteiger partial charge in [-0.15, -0.1) is 0 Å². The summed E-state index contributed by atoms with van der Waals surface area (Å²) in [5.74, 6) is -3.14. The van der Waals surface area contributed by atoms with Crippen LogP contribution in [-0.2, 0) is 9.59 Å². The topological polar surface area (TPSA) is 113 Å². The minimum Gasteiger partial charge on any atom is -0.862 e. The molecule has 108 valence electrons. The molecule has 0 heterocycles. The molecule has 0 aromatic rings. The Kier molecular flexibility index (Phi) is 23.1. The van der Waals surface area contributed by atoms with Gasteiger partial charge < -0.3 is 20.1 Å². The number of carboxylic acid groups (broad SMARTS) is 2. The molecule has 0 aliphatic heterocycles. The molecule has 0 aliphatic rings. The van der Waals surface area contributed by atoms with Gasteiger partial charge in [0.2, 0.25) is 0 Å². The van der Waals surface area contributed by atoms with E-state index in [2.05, 4.69) is 4.99 Å².